The van der Waals surface area contributed by atoms with Gasteiger partial charge in [0.1, 0.15) is 5.82 Å². The fourth-order valence-corrected chi connectivity index (χ4v) is 3.13. The van der Waals surface area contributed by atoms with Crippen molar-refractivity contribution in [1.82, 2.24) is 4.90 Å². The second kappa shape index (κ2) is 6.19. The molecule has 0 bridgehead atoms. The standard InChI is InChI=1S/C13H14ClFINO/c14-8-10-3-1-2-6-17(10)13(18)11-7-9(15)4-5-12(11)16/h4-5,7,10H,1-3,6,8H2/t10-/m0/s1. The summed E-state index contributed by atoms with van der Waals surface area (Å²) < 4.78 is 14.0. The maximum absolute atomic E-state index is 13.3. The zero-order valence-electron chi connectivity index (χ0n) is 9.83. The number of carbonyl (C=O) groups is 1. The minimum atomic E-state index is -0.377. The summed E-state index contributed by atoms with van der Waals surface area (Å²) in [6.45, 7) is 0.711. The molecule has 0 unspecified atom stereocenters. The van der Waals surface area contributed by atoms with Gasteiger partial charge < -0.3 is 4.90 Å². The SMILES string of the molecule is O=C(c1cc(F)ccc1I)N1CCCC[C@H]1CCl. The molecule has 1 saturated heterocycles. The first-order chi connectivity index (χ1) is 8.63. The molecule has 5 heteroatoms. The van der Waals surface area contributed by atoms with E-state index in [0.717, 1.165) is 22.8 Å². The molecule has 0 saturated carbocycles. The highest BCUT2D eigenvalue weighted by atomic mass is 127. The number of halogens is 3. The summed E-state index contributed by atoms with van der Waals surface area (Å²) in [5, 5.41) is 0. The number of alkyl halides is 1. The van der Waals surface area contributed by atoms with E-state index in [2.05, 4.69) is 22.6 Å². The fourth-order valence-electron chi connectivity index (χ4n) is 2.24. The summed E-state index contributed by atoms with van der Waals surface area (Å²) in [7, 11) is 0. The third-order valence-electron chi connectivity index (χ3n) is 3.22. The maximum atomic E-state index is 13.3. The molecule has 0 radical (unpaired) electrons. The lowest BCUT2D eigenvalue weighted by molar-refractivity contribution is 0.0637. The highest BCUT2D eigenvalue weighted by Gasteiger charge is 2.27. The van der Waals surface area contributed by atoms with Crippen molar-refractivity contribution in [2.24, 2.45) is 0 Å². The van der Waals surface area contributed by atoms with Gasteiger partial charge in [-0.15, -0.1) is 11.6 Å². The van der Waals surface area contributed by atoms with Crippen LogP contribution in [0.5, 0.6) is 0 Å². The Morgan fingerprint density at radius 1 is 1.50 bits per heavy atom. The highest BCUT2D eigenvalue weighted by Crippen LogP contribution is 2.23. The van der Waals surface area contributed by atoms with E-state index in [1.165, 1.54) is 12.1 Å². The van der Waals surface area contributed by atoms with Crippen LogP contribution in [0.2, 0.25) is 0 Å². The number of rotatable bonds is 2. The molecule has 1 aliphatic rings. The smallest absolute Gasteiger partial charge is 0.255 e. The van der Waals surface area contributed by atoms with Gasteiger partial charge in [0, 0.05) is 22.0 Å². The predicted octanol–water partition coefficient (Wildman–Crippen LogP) is 3.66. The van der Waals surface area contributed by atoms with Gasteiger partial charge in [-0.2, -0.15) is 0 Å². The summed E-state index contributed by atoms with van der Waals surface area (Å²) in [5.74, 6) is -0.0417. The van der Waals surface area contributed by atoms with E-state index in [1.807, 2.05) is 0 Å². The molecule has 0 aliphatic carbocycles. The molecular formula is C13H14ClFINO. The first-order valence-corrected chi connectivity index (χ1v) is 7.57. The number of piperidine rings is 1. The van der Waals surface area contributed by atoms with E-state index in [9.17, 15) is 9.18 Å². The Morgan fingerprint density at radius 2 is 2.28 bits per heavy atom. The average Bonchev–Trinajstić information content (AvgIpc) is 2.40. The molecule has 1 aromatic carbocycles. The zero-order chi connectivity index (χ0) is 13.1. The number of benzene rings is 1. The van der Waals surface area contributed by atoms with E-state index in [-0.39, 0.29) is 17.8 Å². The van der Waals surface area contributed by atoms with Crippen molar-refractivity contribution in [1.29, 1.82) is 0 Å². The van der Waals surface area contributed by atoms with E-state index >= 15 is 0 Å². The van der Waals surface area contributed by atoms with Crippen LogP contribution >= 0.6 is 34.2 Å². The van der Waals surface area contributed by atoms with Gasteiger partial charge in [-0.25, -0.2) is 4.39 Å². The lowest BCUT2D eigenvalue weighted by atomic mass is 10.0. The molecule has 2 rings (SSSR count). The van der Waals surface area contributed by atoms with Crippen molar-refractivity contribution >= 4 is 40.1 Å². The van der Waals surface area contributed by atoms with Crippen molar-refractivity contribution in [2.75, 3.05) is 12.4 Å². The maximum Gasteiger partial charge on any atom is 0.255 e. The summed E-state index contributed by atoms with van der Waals surface area (Å²) >= 11 is 7.97. The van der Waals surface area contributed by atoms with E-state index in [1.54, 1.807) is 11.0 Å². The summed E-state index contributed by atoms with van der Waals surface area (Å²) in [6, 6.07) is 4.38. The highest BCUT2D eigenvalue weighted by molar-refractivity contribution is 14.1. The second-order valence-electron chi connectivity index (χ2n) is 4.43. The fraction of sp³-hybridized carbons (Fsp3) is 0.462. The monoisotopic (exact) mass is 381 g/mol. The van der Waals surface area contributed by atoms with Crippen LogP contribution in [0.3, 0.4) is 0 Å². The van der Waals surface area contributed by atoms with Crippen LogP contribution in [-0.4, -0.2) is 29.3 Å². The minimum absolute atomic E-state index is 0.0759. The first-order valence-electron chi connectivity index (χ1n) is 5.95. The Hall–Kier alpha value is -0.360. The summed E-state index contributed by atoms with van der Waals surface area (Å²) in [5.41, 5.74) is 0.438. The molecule has 1 fully saturated rings. The molecule has 98 valence electrons. The Labute approximate surface area is 125 Å². The molecule has 0 aromatic heterocycles. The van der Waals surface area contributed by atoms with Gasteiger partial charge in [-0.05, 0) is 60.1 Å². The van der Waals surface area contributed by atoms with Crippen LogP contribution in [0.4, 0.5) is 4.39 Å². The quantitative estimate of drug-likeness (QED) is 0.565. The average molecular weight is 382 g/mol. The Balaban J connectivity index is 2.26. The molecular weight excluding hydrogens is 368 g/mol. The molecule has 1 aliphatic heterocycles. The lowest BCUT2D eigenvalue weighted by Gasteiger charge is -2.34. The Kier molecular flexibility index (Phi) is 4.84. The van der Waals surface area contributed by atoms with Crippen molar-refractivity contribution < 1.29 is 9.18 Å². The minimum Gasteiger partial charge on any atom is -0.334 e. The third kappa shape index (κ3) is 2.96. The lowest BCUT2D eigenvalue weighted by Crippen LogP contribution is -2.45. The summed E-state index contributed by atoms with van der Waals surface area (Å²) in [4.78, 5) is 14.2. The zero-order valence-corrected chi connectivity index (χ0v) is 12.7. The van der Waals surface area contributed by atoms with Gasteiger partial charge in [0.15, 0.2) is 0 Å². The van der Waals surface area contributed by atoms with Crippen LogP contribution in [0.15, 0.2) is 18.2 Å². The van der Waals surface area contributed by atoms with Gasteiger partial charge in [-0.1, -0.05) is 0 Å². The van der Waals surface area contributed by atoms with Crippen LogP contribution in [-0.2, 0) is 0 Å². The van der Waals surface area contributed by atoms with Crippen molar-refractivity contribution in [3.63, 3.8) is 0 Å². The largest absolute Gasteiger partial charge is 0.334 e. The number of nitrogens with zero attached hydrogens (tertiary/aromatic N) is 1. The molecule has 1 amide bonds. The number of amides is 1. The van der Waals surface area contributed by atoms with Crippen LogP contribution < -0.4 is 0 Å². The van der Waals surface area contributed by atoms with Gasteiger partial charge in [0.25, 0.3) is 5.91 Å². The normalized spacial score (nSPS) is 19.9. The molecule has 1 heterocycles. The molecule has 18 heavy (non-hydrogen) atoms. The van der Waals surface area contributed by atoms with Gasteiger partial charge in [0.05, 0.1) is 5.56 Å². The van der Waals surface area contributed by atoms with Crippen molar-refractivity contribution in [2.45, 2.75) is 25.3 Å². The Morgan fingerprint density at radius 3 is 3.00 bits per heavy atom. The summed E-state index contributed by atoms with van der Waals surface area (Å²) in [6.07, 6.45) is 3.02. The van der Waals surface area contributed by atoms with Gasteiger partial charge >= 0.3 is 0 Å². The predicted molar refractivity (Wildman–Crippen MR) is 78.5 cm³/mol. The number of hydrogen-bond donors (Lipinski definition) is 0. The molecule has 0 spiro atoms. The van der Waals surface area contributed by atoms with E-state index < -0.39 is 0 Å². The number of hydrogen-bond acceptors (Lipinski definition) is 1. The molecule has 2 nitrogen and oxygen atoms in total. The first kappa shape index (κ1) is 14.1. The van der Waals surface area contributed by atoms with Crippen molar-refractivity contribution in [3.05, 3.63) is 33.1 Å². The molecule has 1 atom stereocenters. The molecule has 0 N–H and O–H groups in total. The van der Waals surface area contributed by atoms with Crippen LogP contribution in [0, 0.1) is 9.39 Å². The topological polar surface area (TPSA) is 20.3 Å². The molecule has 1 aromatic rings. The van der Waals surface area contributed by atoms with Gasteiger partial charge in [0.2, 0.25) is 0 Å². The van der Waals surface area contributed by atoms with Crippen molar-refractivity contribution in [3.8, 4) is 0 Å². The van der Waals surface area contributed by atoms with Crippen LogP contribution in [0.1, 0.15) is 29.6 Å². The second-order valence-corrected chi connectivity index (χ2v) is 5.90. The van der Waals surface area contributed by atoms with E-state index in [4.69, 9.17) is 11.6 Å². The third-order valence-corrected chi connectivity index (χ3v) is 4.52. The number of likely N-dealkylation sites (tertiary alicyclic amines) is 1. The Bertz CT molecular complexity index is 455. The van der Waals surface area contributed by atoms with Gasteiger partial charge in [-0.3, -0.25) is 4.79 Å². The van der Waals surface area contributed by atoms with Crippen LogP contribution in [0.25, 0.3) is 0 Å². The van der Waals surface area contributed by atoms with E-state index in [0.29, 0.717) is 18.0 Å². The number of carbonyl (C=O) groups excluding carboxylic acids is 1.